The molecule has 1 aromatic carbocycles. The Morgan fingerprint density at radius 1 is 1.20 bits per heavy atom. The molecule has 2 N–H and O–H groups in total. The number of nitrogens with one attached hydrogen (secondary N) is 1. The molecule has 0 fully saturated rings. The molecule has 1 aromatic heterocycles. The lowest BCUT2D eigenvalue weighted by atomic mass is 9.93. The van der Waals surface area contributed by atoms with Gasteiger partial charge >= 0.3 is 0 Å². The van der Waals surface area contributed by atoms with E-state index in [0.29, 0.717) is 26.3 Å². The van der Waals surface area contributed by atoms with Gasteiger partial charge in [0.1, 0.15) is 13.2 Å². The van der Waals surface area contributed by atoms with Crippen LogP contribution in [0.2, 0.25) is 0 Å². The molecule has 0 saturated carbocycles. The van der Waals surface area contributed by atoms with E-state index in [1.807, 2.05) is 24.6 Å². The molecule has 0 aliphatic carbocycles. The summed E-state index contributed by atoms with van der Waals surface area (Å²) in [5.74, 6) is 1.62. The van der Waals surface area contributed by atoms with Crippen LogP contribution in [0.1, 0.15) is 36.4 Å². The molecule has 0 saturated heterocycles. The number of fused-ring (bicyclic) bond motifs is 1. The van der Waals surface area contributed by atoms with E-state index in [-0.39, 0.29) is 12.1 Å². The first-order valence-corrected chi connectivity index (χ1v) is 8.71. The zero-order chi connectivity index (χ0) is 18.0. The van der Waals surface area contributed by atoms with Crippen LogP contribution in [0, 0.1) is 13.8 Å². The first-order chi connectivity index (χ1) is 11.9. The Labute approximate surface area is 148 Å². The second-order valence-electron chi connectivity index (χ2n) is 6.93. The number of aromatic nitrogens is 2. The SMILES string of the molecule is Cc1nn(CCO)c(C)c1CNC(C)(C)c1ccc2c(c1)OCCO2. The Kier molecular flexibility index (Phi) is 5.01. The Balaban J connectivity index is 1.76. The third-order valence-corrected chi connectivity index (χ3v) is 4.81. The lowest BCUT2D eigenvalue weighted by Gasteiger charge is -2.29. The molecular formula is C19H27N3O3. The van der Waals surface area contributed by atoms with Crippen LogP contribution in [0.4, 0.5) is 0 Å². The van der Waals surface area contributed by atoms with Gasteiger partial charge in [0, 0.05) is 23.3 Å². The molecule has 2 heterocycles. The molecule has 6 nitrogen and oxygen atoms in total. The Hall–Kier alpha value is -2.05. The van der Waals surface area contributed by atoms with Gasteiger partial charge in [0.15, 0.2) is 11.5 Å². The quantitative estimate of drug-likeness (QED) is 0.841. The van der Waals surface area contributed by atoms with Gasteiger partial charge in [-0.15, -0.1) is 0 Å². The topological polar surface area (TPSA) is 68.5 Å². The second kappa shape index (κ2) is 7.06. The number of aliphatic hydroxyl groups is 1. The average molecular weight is 345 g/mol. The van der Waals surface area contributed by atoms with Crippen molar-refractivity contribution in [3.63, 3.8) is 0 Å². The molecule has 0 radical (unpaired) electrons. The fourth-order valence-electron chi connectivity index (χ4n) is 3.15. The Morgan fingerprint density at radius 3 is 2.64 bits per heavy atom. The molecule has 136 valence electrons. The summed E-state index contributed by atoms with van der Waals surface area (Å²) in [6.45, 7) is 10.9. The van der Waals surface area contributed by atoms with Crippen molar-refractivity contribution in [1.82, 2.24) is 15.1 Å². The van der Waals surface area contributed by atoms with Crippen LogP contribution < -0.4 is 14.8 Å². The summed E-state index contributed by atoms with van der Waals surface area (Å²) in [7, 11) is 0. The molecule has 3 rings (SSSR count). The fourth-order valence-corrected chi connectivity index (χ4v) is 3.15. The number of ether oxygens (including phenoxy) is 2. The zero-order valence-electron chi connectivity index (χ0n) is 15.4. The smallest absolute Gasteiger partial charge is 0.161 e. The highest BCUT2D eigenvalue weighted by molar-refractivity contribution is 5.45. The van der Waals surface area contributed by atoms with Crippen LogP contribution in [0.15, 0.2) is 18.2 Å². The van der Waals surface area contributed by atoms with Crippen molar-refractivity contribution in [1.29, 1.82) is 0 Å². The normalized spacial score (nSPS) is 14.0. The molecule has 0 atom stereocenters. The van der Waals surface area contributed by atoms with Gasteiger partial charge in [-0.25, -0.2) is 0 Å². The number of aliphatic hydroxyl groups excluding tert-OH is 1. The summed E-state index contributed by atoms with van der Waals surface area (Å²) in [5.41, 5.74) is 4.19. The van der Waals surface area contributed by atoms with E-state index in [0.717, 1.165) is 28.5 Å². The summed E-state index contributed by atoms with van der Waals surface area (Å²) in [5, 5.41) is 17.3. The van der Waals surface area contributed by atoms with Gasteiger partial charge in [0.05, 0.1) is 18.8 Å². The second-order valence-corrected chi connectivity index (χ2v) is 6.93. The van der Waals surface area contributed by atoms with E-state index in [1.165, 1.54) is 5.56 Å². The molecule has 1 aliphatic rings. The third-order valence-electron chi connectivity index (χ3n) is 4.81. The maximum Gasteiger partial charge on any atom is 0.161 e. The minimum absolute atomic E-state index is 0.0948. The zero-order valence-corrected chi connectivity index (χ0v) is 15.4. The minimum atomic E-state index is -0.228. The van der Waals surface area contributed by atoms with Crippen LogP contribution in [0.3, 0.4) is 0 Å². The molecule has 0 spiro atoms. The summed E-state index contributed by atoms with van der Waals surface area (Å²) >= 11 is 0. The first kappa shape index (κ1) is 17.8. The predicted molar refractivity (Wildman–Crippen MR) is 96.1 cm³/mol. The van der Waals surface area contributed by atoms with Gasteiger partial charge in [-0.05, 0) is 45.4 Å². The van der Waals surface area contributed by atoms with E-state index in [9.17, 15) is 0 Å². The molecule has 25 heavy (non-hydrogen) atoms. The molecule has 2 aromatic rings. The fraction of sp³-hybridized carbons (Fsp3) is 0.526. The Bertz CT molecular complexity index is 753. The number of aryl methyl sites for hydroxylation is 1. The van der Waals surface area contributed by atoms with Crippen LogP contribution in [-0.2, 0) is 18.6 Å². The Morgan fingerprint density at radius 2 is 1.92 bits per heavy atom. The van der Waals surface area contributed by atoms with Crippen molar-refractivity contribution < 1.29 is 14.6 Å². The number of hydrogen-bond donors (Lipinski definition) is 2. The van der Waals surface area contributed by atoms with Crippen molar-refractivity contribution in [2.45, 2.75) is 46.3 Å². The number of rotatable bonds is 6. The highest BCUT2D eigenvalue weighted by atomic mass is 16.6. The van der Waals surface area contributed by atoms with Crippen LogP contribution in [-0.4, -0.2) is 34.7 Å². The standard InChI is InChI=1S/C19H27N3O3/c1-13-16(14(2)22(21-13)7-8-23)12-20-19(3,4)15-5-6-17-18(11-15)25-10-9-24-17/h5-6,11,20,23H,7-10,12H2,1-4H3. The van der Waals surface area contributed by atoms with Crippen molar-refractivity contribution >= 4 is 0 Å². The largest absolute Gasteiger partial charge is 0.486 e. The molecular weight excluding hydrogens is 318 g/mol. The van der Waals surface area contributed by atoms with Crippen LogP contribution >= 0.6 is 0 Å². The lowest BCUT2D eigenvalue weighted by Crippen LogP contribution is -2.36. The third kappa shape index (κ3) is 3.65. The summed E-state index contributed by atoms with van der Waals surface area (Å²) in [6, 6.07) is 6.11. The van der Waals surface area contributed by atoms with Gasteiger partial charge < -0.3 is 19.9 Å². The van der Waals surface area contributed by atoms with Gasteiger partial charge in [0.25, 0.3) is 0 Å². The van der Waals surface area contributed by atoms with Crippen LogP contribution in [0.25, 0.3) is 0 Å². The van der Waals surface area contributed by atoms with Crippen molar-refractivity contribution in [2.75, 3.05) is 19.8 Å². The maximum atomic E-state index is 9.15. The van der Waals surface area contributed by atoms with E-state index in [1.54, 1.807) is 0 Å². The van der Waals surface area contributed by atoms with Gasteiger partial charge in [-0.2, -0.15) is 5.10 Å². The van der Waals surface area contributed by atoms with Gasteiger partial charge in [-0.3, -0.25) is 4.68 Å². The first-order valence-electron chi connectivity index (χ1n) is 8.71. The maximum absolute atomic E-state index is 9.15. The minimum Gasteiger partial charge on any atom is -0.486 e. The van der Waals surface area contributed by atoms with Crippen LogP contribution in [0.5, 0.6) is 11.5 Å². The van der Waals surface area contributed by atoms with Crippen molar-refractivity contribution in [3.8, 4) is 11.5 Å². The van der Waals surface area contributed by atoms with E-state index in [2.05, 4.69) is 36.4 Å². The lowest BCUT2D eigenvalue weighted by molar-refractivity contribution is 0.171. The highest BCUT2D eigenvalue weighted by Crippen LogP contribution is 2.34. The molecule has 6 heteroatoms. The molecule has 0 amide bonds. The molecule has 0 bridgehead atoms. The molecule has 0 unspecified atom stereocenters. The van der Waals surface area contributed by atoms with Gasteiger partial charge in [0.2, 0.25) is 0 Å². The van der Waals surface area contributed by atoms with Gasteiger partial charge in [-0.1, -0.05) is 6.07 Å². The number of nitrogens with zero attached hydrogens (tertiary/aromatic N) is 2. The summed E-state index contributed by atoms with van der Waals surface area (Å²) in [4.78, 5) is 0. The number of hydrogen-bond acceptors (Lipinski definition) is 5. The monoisotopic (exact) mass is 345 g/mol. The predicted octanol–water partition coefficient (Wildman–Crippen LogP) is 2.29. The summed E-state index contributed by atoms with van der Waals surface area (Å²) in [6.07, 6.45) is 0. The van der Waals surface area contributed by atoms with Crippen molar-refractivity contribution in [2.24, 2.45) is 0 Å². The highest BCUT2D eigenvalue weighted by Gasteiger charge is 2.24. The van der Waals surface area contributed by atoms with E-state index >= 15 is 0 Å². The van der Waals surface area contributed by atoms with Crippen molar-refractivity contribution in [3.05, 3.63) is 40.7 Å². The summed E-state index contributed by atoms with van der Waals surface area (Å²) < 4.78 is 13.2. The van der Waals surface area contributed by atoms with E-state index < -0.39 is 0 Å². The molecule has 1 aliphatic heterocycles. The number of benzene rings is 1. The van der Waals surface area contributed by atoms with E-state index in [4.69, 9.17) is 14.6 Å². The average Bonchev–Trinajstić information content (AvgIpc) is 2.86.